The van der Waals surface area contributed by atoms with Gasteiger partial charge in [-0.05, 0) is 73.4 Å². The van der Waals surface area contributed by atoms with E-state index in [4.69, 9.17) is 19.2 Å². The summed E-state index contributed by atoms with van der Waals surface area (Å²) in [4.78, 5) is 73.0. The molecule has 1 aromatic carbocycles. The van der Waals surface area contributed by atoms with Crippen LogP contribution in [-0.4, -0.2) is 73.5 Å². The van der Waals surface area contributed by atoms with E-state index in [1.807, 2.05) is 4.90 Å². The van der Waals surface area contributed by atoms with Gasteiger partial charge in [0.15, 0.2) is 22.5 Å². The van der Waals surface area contributed by atoms with Crippen LogP contribution >= 0.6 is 0 Å². The van der Waals surface area contributed by atoms with Crippen molar-refractivity contribution in [2.24, 2.45) is 7.05 Å². The normalized spacial score (nSPS) is 15.0. The summed E-state index contributed by atoms with van der Waals surface area (Å²) in [5.74, 6) is 5.17. The Kier molecular flexibility index (Phi) is 10.7. The monoisotopic (exact) mass is 664 g/mol. The number of fused-ring (bicyclic) bond motifs is 1. The van der Waals surface area contributed by atoms with Gasteiger partial charge in [0.1, 0.15) is 11.4 Å². The Morgan fingerprint density at radius 2 is 1.79 bits per heavy atom. The summed E-state index contributed by atoms with van der Waals surface area (Å²) in [6, 6.07) is 6.06. The van der Waals surface area contributed by atoms with Crippen LogP contribution in [-0.2, 0) is 34.4 Å². The molecule has 14 nitrogen and oxygen atoms in total. The number of hydrogen-bond acceptors (Lipinski definition) is 10. The number of aryl methyl sites for hydroxylation is 1. The topological polar surface area (TPSA) is 156 Å². The Labute approximate surface area is 279 Å². The molecule has 2 aromatic heterocycles. The summed E-state index contributed by atoms with van der Waals surface area (Å²) in [7, 11) is 1.49. The second-order valence-corrected chi connectivity index (χ2v) is 13.0. The highest BCUT2D eigenvalue weighted by molar-refractivity contribution is 5.98. The number of rotatable bonds is 10. The standard InChI is InChI=1S/C34H44N6O8/c1-9-11-19-39-26-27(36-30(39)38-18-14-15-22(20-38)35-31(44)48-33(3,4)5)37(8)32(45)40(28(26)42)21-24(41)23-16-12-13-17-25(23)47-34(6,7)29(43)46-10-2/h12-13,16-17,22H,10,14-15,18-21H2,1-8H3,(H,35,44). The van der Waals surface area contributed by atoms with Crippen molar-refractivity contribution < 1.29 is 28.6 Å². The summed E-state index contributed by atoms with van der Waals surface area (Å²) < 4.78 is 20.2. The van der Waals surface area contributed by atoms with Gasteiger partial charge in [0.25, 0.3) is 5.56 Å². The van der Waals surface area contributed by atoms with E-state index in [0.717, 1.165) is 17.4 Å². The molecule has 0 aliphatic carbocycles. The van der Waals surface area contributed by atoms with E-state index >= 15 is 0 Å². The van der Waals surface area contributed by atoms with E-state index in [1.165, 1.54) is 37.6 Å². The summed E-state index contributed by atoms with van der Waals surface area (Å²) in [6.07, 6.45) is 0.932. The van der Waals surface area contributed by atoms with Gasteiger partial charge in [0.05, 0.1) is 25.3 Å². The van der Waals surface area contributed by atoms with Crippen LogP contribution in [0.4, 0.5) is 10.7 Å². The quantitative estimate of drug-likeness (QED) is 0.194. The molecule has 1 aliphatic heterocycles. The zero-order valence-corrected chi connectivity index (χ0v) is 28.8. The molecule has 1 aliphatic rings. The van der Waals surface area contributed by atoms with Crippen molar-refractivity contribution in [3.05, 3.63) is 50.7 Å². The van der Waals surface area contributed by atoms with Gasteiger partial charge in [0.2, 0.25) is 5.95 Å². The zero-order valence-electron chi connectivity index (χ0n) is 28.8. The van der Waals surface area contributed by atoms with Crippen molar-refractivity contribution in [3.63, 3.8) is 0 Å². The van der Waals surface area contributed by atoms with Gasteiger partial charge in [0, 0.05) is 26.2 Å². The summed E-state index contributed by atoms with van der Waals surface area (Å²) in [5.41, 5.74) is -3.15. The van der Waals surface area contributed by atoms with Crippen LogP contribution in [0, 0.1) is 11.8 Å². The van der Waals surface area contributed by atoms with Gasteiger partial charge < -0.3 is 24.4 Å². The number of aromatic nitrogens is 4. The number of ketones is 1. The first-order valence-corrected chi connectivity index (χ1v) is 15.9. The minimum absolute atomic E-state index is 0.0896. The Balaban J connectivity index is 1.72. The van der Waals surface area contributed by atoms with E-state index in [2.05, 4.69) is 17.2 Å². The van der Waals surface area contributed by atoms with Gasteiger partial charge in [-0.1, -0.05) is 18.1 Å². The number of nitrogens with one attached hydrogen (secondary N) is 1. The predicted molar refractivity (Wildman–Crippen MR) is 179 cm³/mol. The average Bonchev–Trinajstić information content (AvgIpc) is 3.40. The van der Waals surface area contributed by atoms with Crippen LogP contribution in [0.3, 0.4) is 0 Å². The zero-order chi connectivity index (χ0) is 35.4. The number of nitrogens with zero attached hydrogens (tertiary/aromatic N) is 5. The first-order valence-electron chi connectivity index (χ1n) is 15.9. The van der Waals surface area contributed by atoms with Gasteiger partial charge >= 0.3 is 17.8 Å². The van der Waals surface area contributed by atoms with Crippen LogP contribution in [0.1, 0.15) is 71.7 Å². The number of imidazole rings is 1. The van der Waals surface area contributed by atoms with Gasteiger partial charge in [-0.25, -0.2) is 14.4 Å². The van der Waals surface area contributed by atoms with Crippen LogP contribution in [0.2, 0.25) is 0 Å². The highest BCUT2D eigenvalue weighted by Gasteiger charge is 2.33. The molecule has 1 unspecified atom stereocenters. The number of benzene rings is 1. The number of amides is 1. The molecule has 1 atom stereocenters. The summed E-state index contributed by atoms with van der Waals surface area (Å²) in [5, 5.41) is 2.92. The maximum atomic E-state index is 14.1. The number of hydrogen-bond donors (Lipinski definition) is 1. The number of carbonyl (C=O) groups is 3. The van der Waals surface area contributed by atoms with E-state index < -0.39 is 46.8 Å². The van der Waals surface area contributed by atoms with Gasteiger partial charge in [-0.3, -0.25) is 23.3 Å². The Hall–Kier alpha value is -5.06. The molecule has 0 radical (unpaired) electrons. The average molecular weight is 665 g/mol. The third kappa shape index (κ3) is 7.90. The molecule has 0 spiro atoms. The molecule has 258 valence electrons. The van der Waals surface area contributed by atoms with Crippen molar-refractivity contribution >= 4 is 35.0 Å². The first-order chi connectivity index (χ1) is 22.6. The summed E-state index contributed by atoms with van der Waals surface area (Å²) in [6.45, 7) is 12.4. The molecule has 1 fully saturated rings. The largest absolute Gasteiger partial charge is 0.475 e. The van der Waals surface area contributed by atoms with Gasteiger partial charge in [-0.15, -0.1) is 5.92 Å². The molecule has 0 saturated carbocycles. The lowest BCUT2D eigenvalue weighted by Crippen LogP contribution is -2.49. The molecule has 4 rings (SSSR count). The highest BCUT2D eigenvalue weighted by Crippen LogP contribution is 2.26. The first kappa shape index (κ1) is 35.8. The van der Waals surface area contributed by atoms with E-state index in [9.17, 15) is 24.0 Å². The van der Waals surface area contributed by atoms with Crippen LogP contribution in [0.5, 0.6) is 5.75 Å². The second-order valence-electron chi connectivity index (χ2n) is 13.0. The number of ether oxygens (including phenoxy) is 3. The number of carbonyl (C=O) groups excluding carboxylic acids is 3. The molecule has 0 bridgehead atoms. The fourth-order valence-electron chi connectivity index (χ4n) is 5.44. The number of piperidine rings is 1. The lowest BCUT2D eigenvalue weighted by molar-refractivity contribution is -0.158. The minimum Gasteiger partial charge on any atom is -0.475 e. The van der Waals surface area contributed by atoms with Crippen molar-refractivity contribution in [1.82, 2.24) is 24.0 Å². The maximum absolute atomic E-state index is 14.1. The molecule has 1 saturated heterocycles. The van der Waals surface area contributed by atoms with Crippen molar-refractivity contribution in [2.45, 2.75) is 91.6 Å². The van der Waals surface area contributed by atoms with Gasteiger partial charge in [-0.2, -0.15) is 4.98 Å². The second kappa shape index (κ2) is 14.4. The van der Waals surface area contributed by atoms with Crippen molar-refractivity contribution in [1.29, 1.82) is 0 Å². The number of alkyl carbamates (subject to hydrolysis) is 1. The third-order valence-electron chi connectivity index (χ3n) is 7.67. The Morgan fingerprint density at radius 1 is 1.08 bits per heavy atom. The molecule has 14 heteroatoms. The van der Waals surface area contributed by atoms with Crippen LogP contribution in [0.25, 0.3) is 11.2 Å². The molecule has 1 N–H and O–H groups in total. The van der Waals surface area contributed by atoms with Crippen molar-refractivity contribution in [3.8, 4) is 17.6 Å². The molecular formula is C34H44N6O8. The fourth-order valence-corrected chi connectivity index (χ4v) is 5.44. The molecule has 3 heterocycles. The number of Topliss-reactive ketones (excluding diaryl/α,β-unsaturated/α-hetero) is 1. The smallest absolute Gasteiger partial charge is 0.407 e. The molecule has 48 heavy (non-hydrogen) atoms. The summed E-state index contributed by atoms with van der Waals surface area (Å²) >= 11 is 0. The highest BCUT2D eigenvalue weighted by atomic mass is 16.6. The maximum Gasteiger partial charge on any atom is 0.407 e. The SMILES string of the molecule is CC#CCn1c(N2CCCC(NC(=O)OC(C)(C)C)C2)nc2c1c(=O)n(CC(=O)c1ccccc1OC(C)(C)C(=O)OCC)c(=O)n2C. The number of para-hydroxylation sites is 1. The van der Waals surface area contributed by atoms with E-state index in [0.29, 0.717) is 19.0 Å². The molecule has 3 aromatic rings. The molecule has 1 amide bonds. The third-order valence-corrected chi connectivity index (χ3v) is 7.67. The van der Waals surface area contributed by atoms with Crippen LogP contribution < -0.4 is 26.2 Å². The van der Waals surface area contributed by atoms with E-state index in [1.54, 1.807) is 51.3 Å². The number of anilines is 1. The molecular weight excluding hydrogens is 620 g/mol. The minimum atomic E-state index is -1.41. The lowest BCUT2D eigenvalue weighted by Gasteiger charge is -2.34. The Bertz CT molecular complexity index is 1890. The van der Waals surface area contributed by atoms with E-state index in [-0.39, 0.29) is 41.7 Å². The van der Waals surface area contributed by atoms with Crippen molar-refractivity contribution in [2.75, 3.05) is 24.6 Å². The number of esters is 1. The Morgan fingerprint density at radius 3 is 2.46 bits per heavy atom. The lowest BCUT2D eigenvalue weighted by atomic mass is 10.1. The predicted octanol–water partition coefficient (Wildman–Crippen LogP) is 3.02. The fraction of sp³-hybridized carbons (Fsp3) is 0.529. The van der Waals surface area contributed by atoms with Crippen LogP contribution in [0.15, 0.2) is 33.9 Å².